The lowest BCUT2D eigenvalue weighted by Crippen LogP contribution is -1.93. The molecule has 2 rings (SSSR count). The highest BCUT2D eigenvalue weighted by molar-refractivity contribution is 9.10. The lowest BCUT2D eigenvalue weighted by atomic mass is 10.1. The van der Waals surface area contributed by atoms with Gasteiger partial charge in [-0.15, -0.1) is 0 Å². The molecule has 0 radical (unpaired) electrons. The lowest BCUT2D eigenvalue weighted by molar-refractivity contribution is 0.627. The van der Waals surface area contributed by atoms with Crippen LogP contribution < -0.4 is 0 Å². The molecule has 4 heteroatoms. The van der Waals surface area contributed by atoms with E-state index in [2.05, 4.69) is 27.5 Å². The summed E-state index contributed by atoms with van der Waals surface area (Å²) in [6.45, 7) is 5.91. The van der Waals surface area contributed by atoms with Crippen LogP contribution in [0.15, 0.2) is 58.5 Å². The molecule has 0 aromatic heterocycles. The topological polar surface area (TPSA) is 12.4 Å². The Kier molecular flexibility index (Phi) is 5.92. The SMILES string of the molecule is C=C(C)c1cc(Br)ccc1N=C(Cl)CCc1ccc(F)cc1. The Bertz CT molecular complexity index is 708. The quantitative estimate of drug-likeness (QED) is 0.523. The summed E-state index contributed by atoms with van der Waals surface area (Å²) in [5.74, 6) is -0.232. The van der Waals surface area contributed by atoms with Crippen molar-refractivity contribution >= 4 is 44.0 Å². The van der Waals surface area contributed by atoms with E-state index < -0.39 is 0 Å². The van der Waals surface area contributed by atoms with Crippen molar-refractivity contribution in [2.45, 2.75) is 19.8 Å². The molecule has 0 fully saturated rings. The van der Waals surface area contributed by atoms with Gasteiger partial charge in [0.25, 0.3) is 0 Å². The minimum absolute atomic E-state index is 0.232. The van der Waals surface area contributed by atoms with Crippen molar-refractivity contribution in [3.8, 4) is 0 Å². The average Bonchev–Trinajstić information content (AvgIpc) is 2.48. The highest BCUT2D eigenvalue weighted by Crippen LogP contribution is 2.29. The molecule has 0 heterocycles. The number of benzene rings is 2. The molecule has 114 valence electrons. The Labute approximate surface area is 143 Å². The second-order valence-corrected chi connectivity index (χ2v) is 6.41. The number of halogens is 3. The summed E-state index contributed by atoms with van der Waals surface area (Å²) in [4.78, 5) is 4.48. The maximum atomic E-state index is 12.9. The summed E-state index contributed by atoms with van der Waals surface area (Å²) in [7, 11) is 0. The molecule has 0 bridgehead atoms. The van der Waals surface area contributed by atoms with Crippen LogP contribution in [-0.2, 0) is 6.42 Å². The van der Waals surface area contributed by atoms with Gasteiger partial charge < -0.3 is 0 Å². The number of rotatable bonds is 5. The first-order chi connectivity index (χ1) is 10.5. The largest absolute Gasteiger partial charge is 0.241 e. The van der Waals surface area contributed by atoms with Gasteiger partial charge in [0.1, 0.15) is 11.0 Å². The average molecular weight is 381 g/mol. The van der Waals surface area contributed by atoms with E-state index in [1.165, 1.54) is 12.1 Å². The van der Waals surface area contributed by atoms with E-state index >= 15 is 0 Å². The molecular formula is C18H16BrClFN. The summed E-state index contributed by atoms with van der Waals surface area (Å²) >= 11 is 9.69. The fourth-order valence-electron chi connectivity index (χ4n) is 2.03. The van der Waals surface area contributed by atoms with Crippen LogP contribution in [0.4, 0.5) is 10.1 Å². The number of nitrogens with zero attached hydrogens (tertiary/aromatic N) is 1. The van der Waals surface area contributed by atoms with E-state index in [9.17, 15) is 4.39 Å². The number of aryl methyl sites for hydroxylation is 1. The summed E-state index contributed by atoms with van der Waals surface area (Å²) in [5, 5.41) is 0.522. The van der Waals surface area contributed by atoms with Gasteiger partial charge in [0, 0.05) is 16.5 Å². The van der Waals surface area contributed by atoms with E-state index in [1.807, 2.05) is 25.1 Å². The van der Waals surface area contributed by atoms with Gasteiger partial charge in [0.05, 0.1) is 5.69 Å². The summed E-state index contributed by atoms with van der Waals surface area (Å²) < 4.78 is 13.8. The monoisotopic (exact) mass is 379 g/mol. The molecule has 0 unspecified atom stereocenters. The van der Waals surface area contributed by atoms with E-state index in [1.54, 1.807) is 12.1 Å². The zero-order chi connectivity index (χ0) is 16.1. The van der Waals surface area contributed by atoms with Gasteiger partial charge in [-0.3, -0.25) is 0 Å². The van der Waals surface area contributed by atoms with Gasteiger partial charge in [-0.2, -0.15) is 0 Å². The first-order valence-corrected chi connectivity index (χ1v) is 8.06. The predicted octanol–water partition coefficient (Wildman–Crippen LogP) is 6.52. The second kappa shape index (κ2) is 7.70. The third-order valence-corrected chi connectivity index (χ3v) is 3.96. The fourth-order valence-corrected chi connectivity index (χ4v) is 2.58. The Morgan fingerprint density at radius 1 is 1.23 bits per heavy atom. The van der Waals surface area contributed by atoms with Crippen molar-refractivity contribution in [2.75, 3.05) is 0 Å². The van der Waals surface area contributed by atoms with Crippen LogP contribution >= 0.6 is 27.5 Å². The highest BCUT2D eigenvalue weighted by Gasteiger charge is 2.05. The first kappa shape index (κ1) is 16.9. The normalized spacial score (nSPS) is 11.5. The molecule has 0 aliphatic heterocycles. The maximum Gasteiger partial charge on any atom is 0.123 e. The molecule has 0 aliphatic rings. The molecule has 0 atom stereocenters. The van der Waals surface area contributed by atoms with Crippen LogP contribution in [-0.4, -0.2) is 5.17 Å². The second-order valence-electron chi connectivity index (χ2n) is 5.06. The van der Waals surface area contributed by atoms with Crippen LogP contribution in [0.2, 0.25) is 0 Å². The summed E-state index contributed by atoms with van der Waals surface area (Å²) in [6, 6.07) is 12.2. The van der Waals surface area contributed by atoms with Crippen molar-refractivity contribution in [2.24, 2.45) is 4.99 Å². The Balaban J connectivity index is 2.12. The van der Waals surface area contributed by atoms with Gasteiger partial charge in [-0.1, -0.05) is 46.2 Å². The molecule has 1 nitrogen and oxygen atoms in total. The van der Waals surface area contributed by atoms with Crippen molar-refractivity contribution < 1.29 is 4.39 Å². The molecular weight excluding hydrogens is 365 g/mol. The Morgan fingerprint density at radius 2 is 1.91 bits per heavy atom. The van der Waals surface area contributed by atoms with Gasteiger partial charge in [-0.25, -0.2) is 9.38 Å². The van der Waals surface area contributed by atoms with Crippen LogP contribution in [0.3, 0.4) is 0 Å². The molecule has 22 heavy (non-hydrogen) atoms. The van der Waals surface area contributed by atoms with Crippen LogP contribution in [0.1, 0.15) is 24.5 Å². The van der Waals surface area contributed by atoms with Crippen molar-refractivity contribution in [1.82, 2.24) is 0 Å². The van der Waals surface area contributed by atoms with E-state index in [0.29, 0.717) is 11.6 Å². The molecule has 2 aromatic carbocycles. The fraction of sp³-hybridized carbons (Fsp3) is 0.167. The van der Waals surface area contributed by atoms with E-state index in [-0.39, 0.29) is 5.82 Å². The molecule has 0 amide bonds. The molecule has 0 N–H and O–H groups in total. The smallest absolute Gasteiger partial charge is 0.123 e. The Hall–Kier alpha value is -1.45. The third-order valence-electron chi connectivity index (χ3n) is 3.19. The van der Waals surface area contributed by atoms with E-state index in [0.717, 1.165) is 33.3 Å². The van der Waals surface area contributed by atoms with Crippen molar-refractivity contribution in [1.29, 1.82) is 0 Å². The first-order valence-electron chi connectivity index (χ1n) is 6.88. The highest BCUT2D eigenvalue weighted by atomic mass is 79.9. The number of hydrogen-bond acceptors (Lipinski definition) is 1. The van der Waals surface area contributed by atoms with Gasteiger partial charge in [0.15, 0.2) is 0 Å². The number of hydrogen-bond donors (Lipinski definition) is 0. The van der Waals surface area contributed by atoms with Crippen LogP contribution in [0.25, 0.3) is 5.57 Å². The number of allylic oxidation sites excluding steroid dienone is 1. The van der Waals surface area contributed by atoms with Crippen LogP contribution in [0.5, 0.6) is 0 Å². The summed E-state index contributed by atoms with van der Waals surface area (Å²) in [5.41, 5.74) is 3.74. The van der Waals surface area contributed by atoms with Gasteiger partial charge in [-0.05, 0) is 54.8 Å². The third kappa shape index (κ3) is 4.79. The summed E-state index contributed by atoms with van der Waals surface area (Å²) in [6.07, 6.45) is 1.33. The lowest BCUT2D eigenvalue weighted by Gasteiger charge is -2.07. The van der Waals surface area contributed by atoms with Gasteiger partial charge >= 0.3 is 0 Å². The minimum Gasteiger partial charge on any atom is -0.241 e. The molecule has 0 saturated heterocycles. The van der Waals surface area contributed by atoms with Crippen molar-refractivity contribution in [3.05, 3.63) is 70.5 Å². The maximum absolute atomic E-state index is 12.9. The predicted molar refractivity (Wildman–Crippen MR) is 96.5 cm³/mol. The zero-order valence-electron chi connectivity index (χ0n) is 12.2. The van der Waals surface area contributed by atoms with Crippen LogP contribution in [0, 0.1) is 5.82 Å². The standard InChI is InChI=1S/C18H16BrClFN/c1-12(2)16-11-14(19)6-9-17(16)22-18(20)10-5-13-3-7-15(21)8-4-13/h3-4,6-9,11H,1,5,10H2,2H3. The minimum atomic E-state index is -0.232. The molecule has 0 saturated carbocycles. The zero-order valence-corrected chi connectivity index (χ0v) is 14.6. The Morgan fingerprint density at radius 3 is 2.55 bits per heavy atom. The van der Waals surface area contributed by atoms with E-state index in [4.69, 9.17) is 11.6 Å². The molecule has 0 aliphatic carbocycles. The molecule has 0 spiro atoms. The van der Waals surface area contributed by atoms with Crippen molar-refractivity contribution in [3.63, 3.8) is 0 Å². The number of aliphatic imine (C=N–C) groups is 1. The molecule has 2 aromatic rings. The van der Waals surface area contributed by atoms with Gasteiger partial charge in [0.2, 0.25) is 0 Å².